The predicted molar refractivity (Wildman–Crippen MR) is 79.3 cm³/mol. The molecular weight excluding hydrogens is 276 g/mol. The van der Waals surface area contributed by atoms with Crippen LogP contribution in [0.5, 0.6) is 5.75 Å². The van der Waals surface area contributed by atoms with Gasteiger partial charge in [-0.3, -0.25) is 4.79 Å². The van der Waals surface area contributed by atoms with E-state index < -0.39 is 0 Å². The molecular formula is C15H11ClN2O2. The van der Waals surface area contributed by atoms with Crippen molar-refractivity contribution in [2.45, 2.75) is 0 Å². The maximum absolute atomic E-state index is 12.0. The number of ether oxygens (including phenoxy) is 1. The average molecular weight is 287 g/mol. The second kappa shape index (κ2) is 4.98. The number of nitrogens with one attached hydrogen (secondary N) is 1. The number of hydrogen-bond donors (Lipinski definition) is 1. The summed E-state index contributed by atoms with van der Waals surface area (Å²) in [4.78, 5) is 16.4. The summed E-state index contributed by atoms with van der Waals surface area (Å²) in [6.07, 6.45) is 0. The van der Waals surface area contributed by atoms with Crippen LogP contribution in [0.4, 0.5) is 11.4 Å². The van der Waals surface area contributed by atoms with Crippen LogP contribution in [-0.4, -0.2) is 18.7 Å². The molecule has 0 radical (unpaired) electrons. The standard InChI is InChI=1S/C15H11ClN2O2/c1-20-10-7-5-9(6-8-10)17-14-11-3-2-4-12(16)13(11)18-15(14)19/h2-8H,1H3,(H,17,18,19). The van der Waals surface area contributed by atoms with Gasteiger partial charge in [0.2, 0.25) is 0 Å². The topological polar surface area (TPSA) is 50.7 Å². The maximum Gasteiger partial charge on any atom is 0.275 e. The van der Waals surface area contributed by atoms with E-state index in [-0.39, 0.29) is 5.91 Å². The Kier molecular flexibility index (Phi) is 3.16. The fourth-order valence-electron chi connectivity index (χ4n) is 2.04. The first-order valence-electron chi connectivity index (χ1n) is 6.02. The van der Waals surface area contributed by atoms with Crippen LogP contribution in [0.25, 0.3) is 0 Å². The van der Waals surface area contributed by atoms with Crippen molar-refractivity contribution in [3.05, 3.63) is 53.1 Å². The van der Waals surface area contributed by atoms with Crippen LogP contribution in [-0.2, 0) is 4.79 Å². The number of para-hydroxylation sites is 1. The number of carbonyl (C=O) groups excluding carboxylic acids is 1. The van der Waals surface area contributed by atoms with Crippen LogP contribution in [0.3, 0.4) is 0 Å². The Bertz CT molecular complexity index is 708. The summed E-state index contributed by atoms with van der Waals surface area (Å²) >= 11 is 6.06. The van der Waals surface area contributed by atoms with E-state index in [1.165, 1.54) is 0 Å². The minimum absolute atomic E-state index is 0.246. The van der Waals surface area contributed by atoms with E-state index in [9.17, 15) is 4.79 Å². The monoisotopic (exact) mass is 286 g/mol. The van der Waals surface area contributed by atoms with E-state index >= 15 is 0 Å². The quantitative estimate of drug-likeness (QED) is 0.919. The number of anilines is 1. The first kappa shape index (κ1) is 12.7. The summed E-state index contributed by atoms with van der Waals surface area (Å²) in [5.41, 5.74) is 2.39. The lowest BCUT2D eigenvalue weighted by molar-refractivity contribution is -0.110. The third-order valence-electron chi connectivity index (χ3n) is 3.04. The molecule has 4 nitrogen and oxygen atoms in total. The number of hydrogen-bond acceptors (Lipinski definition) is 3. The molecule has 5 heteroatoms. The largest absolute Gasteiger partial charge is 0.497 e. The molecule has 1 aliphatic heterocycles. The summed E-state index contributed by atoms with van der Waals surface area (Å²) in [6, 6.07) is 12.5. The first-order chi connectivity index (χ1) is 9.69. The van der Waals surface area contributed by atoms with Gasteiger partial charge in [0.15, 0.2) is 0 Å². The van der Waals surface area contributed by atoms with E-state index in [1.54, 1.807) is 43.5 Å². The molecule has 0 bridgehead atoms. The predicted octanol–water partition coefficient (Wildman–Crippen LogP) is 3.42. The van der Waals surface area contributed by atoms with E-state index in [0.717, 1.165) is 11.3 Å². The molecule has 0 unspecified atom stereocenters. The molecule has 0 atom stereocenters. The minimum atomic E-state index is -0.246. The van der Waals surface area contributed by atoms with Crippen molar-refractivity contribution >= 4 is 34.6 Å². The fraction of sp³-hybridized carbons (Fsp3) is 0.0667. The van der Waals surface area contributed by atoms with Crippen LogP contribution in [0.1, 0.15) is 5.56 Å². The second-order valence-corrected chi connectivity index (χ2v) is 4.68. The summed E-state index contributed by atoms with van der Waals surface area (Å²) in [5.74, 6) is 0.497. The number of fused-ring (bicyclic) bond motifs is 1. The average Bonchev–Trinajstić information content (AvgIpc) is 2.78. The van der Waals surface area contributed by atoms with Gasteiger partial charge in [-0.1, -0.05) is 23.7 Å². The summed E-state index contributed by atoms with van der Waals surface area (Å²) in [5, 5.41) is 3.24. The van der Waals surface area contributed by atoms with Crippen molar-refractivity contribution < 1.29 is 9.53 Å². The number of benzene rings is 2. The molecule has 1 amide bonds. The summed E-state index contributed by atoms with van der Waals surface area (Å²) in [6.45, 7) is 0. The molecule has 1 aliphatic rings. The van der Waals surface area contributed by atoms with Crippen molar-refractivity contribution in [2.75, 3.05) is 12.4 Å². The van der Waals surface area contributed by atoms with Gasteiger partial charge in [0.05, 0.1) is 23.5 Å². The van der Waals surface area contributed by atoms with Crippen LogP contribution in [0.2, 0.25) is 5.02 Å². The zero-order valence-corrected chi connectivity index (χ0v) is 11.4. The number of nitrogens with zero attached hydrogens (tertiary/aromatic N) is 1. The number of amides is 1. The van der Waals surface area contributed by atoms with Gasteiger partial charge in [-0.05, 0) is 30.3 Å². The Morgan fingerprint density at radius 2 is 1.90 bits per heavy atom. The van der Waals surface area contributed by atoms with E-state index in [4.69, 9.17) is 16.3 Å². The molecule has 0 saturated carbocycles. The highest BCUT2D eigenvalue weighted by Gasteiger charge is 2.27. The summed E-state index contributed by atoms with van der Waals surface area (Å²) in [7, 11) is 1.60. The zero-order valence-electron chi connectivity index (χ0n) is 10.7. The van der Waals surface area contributed by atoms with Crippen molar-refractivity contribution in [3.63, 3.8) is 0 Å². The van der Waals surface area contributed by atoms with Gasteiger partial charge >= 0.3 is 0 Å². The highest BCUT2D eigenvalue weighted by Crippen LogP contribution is 2.32. The molecule has 1 N–H and O–H groups in total. The third kappa shape index (κ3) is 2.14. The minimum Gasteiger partial charge on any atom is -0.497 e. The molecule has 2 aromatic rings. The van der Waals surface area contributed by atoms with Gasteiger partial charge in [0.1, 0.15) is 11.5 Å². The van der Waals surface area contributed by atoms with Crippen molar-refractivity contribution in [2.24, 2.45) is 4.99 Å². The lowest BCUT2D eigenvalue weighted by atomic mass is 10.1. The van der Waals surface area contributed by atoms with E-state index in [1.807, 2.05) is 6.07 Å². The molecule has 0 saturated heterocycles. The second-order valence-electron chi connectivity index (χ2n) is 4.27. The fourth-order valence-corrected chi connectivity index (χ4v) is 2.26. The molecule has 0 spiro atoms. The Morgan fingerprint density at radius 3 is 2.60 bits per heavy atom. The van der Waals surface area contributed by atoms with Gasteiger partial charge < -0.3 is 10.1 Å². The highest BCUT2D eigenvalue weighted by atomic mass is 35.5. The van der Waals surface area contributed by atoms with Crippen molar-refractivity contribution in [1.29, 1.82) is 0 Å². The molecule has 0 aliphatic carbocycles. The highest BCUT2D eigenvalue weighted by molar-refractivity contribution is 6.55. The van der Waals surface area contributed by atoms with E-state index in [0.29, 0.717) is 22.1 Å². The Morgan fingerprint density at radius 1 is 1.15 bits per heavy atom. The molecule has 0 aromatic heterocycles. The molecule has 3 rings (SSSR count). The van der Waals surface area contributed by atoms with E-state index in [2.05, 4.69) is 10.3 Å². The van der Waals surface area contributed by atoms with Gasteiger partial charge in [-0.2, -0.15) is 0 Å². The zero-order chi connectivity index (χ0) is 14.1. The van der Waals surface area contributed by atoms with Crippen LogP contribution in [0.15, 0.2) is 47.5 Å². The number of methoxy groups -OCH3 is 1. The Labute approximate surface area is 121 Å². The number of rotatable bonds is 2. The van der Waals surface area contributed by atoms with Crippen LogP contribution < -0.4 is 10.1 Å². The lowest BCUT2D eigenvalue weighted by Crippen LogP contribution is -2.13. The number of carbonyl (C=O) groups is 1. The summed E-state index contributed by atoms with van der Waals surface area (Å²) < 4.78 is 5.09. The van der Waals surface area contributed by atoms with Gasteiger partial charge in [0, 0.05) is 5.56 Å². The van der Waals surface area contributed by atoms with Crippen molar-refractivity contribution in [3.8, 4) is 5.75 Å². The Balaban J connectivity index is 2.04. The molecule has 1 heterocycles. The van der Waals surface area contributed by atoms with Crippen LogP contribution >= 0.6 is 11.6 Å². The third-order valence-corrected chi connectivity index (χ3v) is 3.35. The first-order valence-corrected chi connectivity index (χ1v) is 6.40. The molecule has 2 aromatic carbocycles. The SMILES string of the molecule is COc1ccc(N=C2C(=O)Nc3c(Cl)cccc32)cc1. The van der Waals surface area contributed by atoms with Crippen LogP contribution in [0, 0.1) is 0 Å². The molecule has 100 valence electrons. The van der Waals surface area contributed by atoms with Crippen molar-refractivity contribution in [1.82, 2.24) is 0 Å². The molecule has 20 heavy (non-hydrogen) atoms. The Hall–Kier alpha value is -2.33. The lowest BCUT2D eigenvalue weighted by Gasteiger charge is -2.01. The normalized spacial score (nSPS) is 15.1. The van der Waals surface area contributed by atoms with Gasteiger partial charge in [0.25, 0.3) is 5.91 Å². The number of aliphatic imine (C=N–C) groups is 1. The van der Waals surface area contributed by atoms with Gasteiger partial charge in [-0.15, -0.1) is 0 Å². The van der Waals surface area contributed by atoms with Gasteiger partial charge in [-0.25, -0.2) is 4.99 Å². The molecule has 0 fully saturated rings. The smallest absolute Gasteiger partial charge is 0.275 e. The maximum atomic E-state index is 12.0. The number of halogens is 1.